The van der Waals surface area contributed by atoms with E-state index in [9.17, 15) is 14.7 Å². The molecule has 0 saturated carbocycles. The van der Waals surface area contributed by atoms with Gasteiger partial charge in [-0.3, -0.25) is 9.59 Å². The summed E-state index contributed by atoms with van der Waals surface area (Å²) in [5.41, 5.74) is 2.41. The van der Waals surface area contributed by atoms with E-state index in [1.807, 2.05) is 43.3 Å². The second kappa shape index (κ2) is 8.32. The Hall–Kier alpha value is -3.12. The molecule has 0 aliphatic carbocycles. The van der Waals surface area contributed by atoms with E-state index < -0.39 is 17.7 Å². The quantitative estimate of drug-likeness (QED) is 0.343. The molecule has 1 fully saturated rings. The second-order valence-corrected chi connectivity index (χ2v) is 7.70. The van der Waals surface area contributed by atoms with Crippen molar-refractivity contribution in [3.8, 4) is 5.75 Å². The molecule has 2 aliphatic heterocycles. The minimum atomic E-state index is -0.663. The number of Topliss-reactive ketones (excluding diaryl/α,β-unsaturated/α-hetero) is 1. The lowest BCUT2D eigenvalue weighted by Gasteiger charge is -2.25. The number of amides is 1. The molecule has 2 atom stereocenters. The molecule has 2 aliphatic rings. The van der Waals surface area contributed by atoms with Gasteiger partial charge in [-0.25, -0.2) is 0 Å². The zero-order valence-electron chi connectivity index (χ0n) is 17.1. The van der Waals surface area contributed by atoms with Crippen LogP contribution < -0.4 is 4.74 Å². The molecule has 1 saturated heterocycles. The Bertz CT molecular complexity index is 998. The van der Waals surface area contributed by atoms with Gasteiger partial charge >= 0.3 is 0 Å². The highest BCUT2D eigenvalue weighted by Gasteiger charge is 2.45. The van der Waals surface area contributed by atoms with E-state index in [1.165, 1.54) is 4.90 Å². The van der Waals surface area contributed by atoms with Crippen molar-refractivity contribution in [3.63, 3.8) is 0 Å². The fraction of sp³-hybridized carbons (Fsp3) is 0.333. The Morgan fingerprint density at radius 2 is 1.97 bits per heavy atom. The van der Waals surface area contributed by atoms with Crippen molar-refractivity contribution in [2.24, 2.45) is 0 Å². The standard InChI is InChI=1S/C24H25NO5/c1-15-13-18-14-17(9-10-19(18)30-15)22(26)20-21(16-7-4-3-5-8-16)25(11-6-12-29-2)24(28)23(20)27/h3-5,7-10,14-15,21,26H,6,11-13H2,1-2H3/t15-,21-/m1/s1. The smallest absolute Gasteiger partial charge is 0.295 e. The number of rotatable bonds is 6. The van der Waals surface area contributed by atoms with E-state index in [1.54, 1.807) is 19.2 Å². The predicted octanol–water partition coefficient (Wildman–Crippen LogP) is 3.47. The first kappa shape index (κ1) is 20.2. The number of nitrogens with zero attached hydrogens (tertiary/aromatic N) is 1. The third-order valence-electron chi connectivity index (χ3n) is 5.57. The molecule has 0 bridgehead atoms. The van der Waals surface area contributed by atoms with Gasteiger partial charge < -0.3 is 19.5 Å². The number of likely N-dealkylation sites (tertiary alicyclic amines) is 1. The average Bonchev–Trinajstić information content (AvgIpc) is 3.25. The molecular weight excluding hydrogens is 382 g/mol. The van der Waals surface area contributed by atoms with Gasteiger partial charge in [-0.2, -0.15) is 0 Å². The van der Waals surface area contributed by atoms with E-state index in [2.05, 4.69) is 0 Å². The van der Waals surface area contributed by atoms with Crippen molar-refractivity contribution in [2.45, 2.75) is 31.9 Å². The first-order valence-electron chi connectivity index (χ1n) is 10.1. The van der Waals surface area contributed by atoms with E-state index in [0.29, 0.717) is 25.1 Å². The summed E-state index contributed by atoms with van der Waals surface area (Å²) < 4.78 is 10.8. The fourth-order valence-corrected chi connectivity index (χ4v) is 4.20. The number of carbonyl (C=O) groups excluding carboxylic acids is 2. The normalized spacial score (nSPS) is 22.3. The van der Waals surface area contributed by atoms with Crippen molar-refractivity contribution in [2.75, 3.05) is 20.3 Å². The number of ether oxygens (including phenoxy) is 2. The van der Waals surface area contributed by atoms with Crippen LogP contribution in [0.3, 0.4) is 0 Å². The van der Waals surface area contributed by atoms with Crippen LogP contribution in [0.5, 0.6) is 5.75 Å². The van der Waals surface area contributed by atoms with Gasteiger partial charge in [0.2, 0.25) is 0 Å². The summed E-state index contributed by atoms with van der Waals surface area (Å²) in [5, 5.41) is 11.1. The topological polar surface area (TPSA) is 76.1 Å². The van der Waals surface area contributed by atoms with Crippen molar-refractivity contribution in [1.29, 1.82) is 0 Å². The van der Waals surface area contributed by atoms with E-state index >= 15 is 0 Å². The number of aliphatic hydroxyl groups is 1. The largest absolute Gasteiger partial charge is 0.507 e. The summed E-state index contributed by atoms with van der Waals surface area (Å²) in [6.07, 6.45) is 1.42. The highest BCUT2D eigenvalue weighted by atomic mass is 16.5. The molecule has 4 rings (SSSR count). The number of methoxy groups -OCH3 is 1. The Labute approximate surface area is 175 Å². The Morgan fingerprint density at radius 1 is 1.20 bits per heavy atom. The van der Waals surface area contributed by atoms with Crippen LogP contribution >= 0.6 is 0 Å². The zero-order chi connectivity index (χ0) is 21.3. The van der Waals surface area contributed by atoms with Crippen molar-refractivity contribution < 1.29 is 24.2 Å². The van der Waals surface area contributed by atoms with Gasteiger partial charge in [0, 0.05) is 32.2 Å². The van der Waals surface area contributed by atoms with Gasteiger partial charge in [-0.05, 0) is 42.7 Å². The lowest BCUT2D eigenvalue weighted by atomic mass is 9.94. The van der Waals surface area contributed by atoms with Gasteiger partial charge in [-0.1, -0.05) is 30.3 Å². The van der Waals surface area contributed by atoms with Gasteiger partial charge in [0.1, 0.15) is 17.6 Å². The summed E-state index contributed by atoms with van der Waals surface area (Å²) >= 11 is 0. The molecule has 1 amide bonds. The molecule has 2 heterocycles. The minimum absolute atomic E-state index is 0.0769. The number of carbonyl (C=O) groups is 2. The molecule has 30 heavy (non-hydrogen) atoms. The molecule has 0 spiro atoms. The van der Waals surface area contributed by atoms with E-state index in [0.717, 1.165) is 23.3 Å². The first-order chi connectivity index (χ1) is 14.5. The van der Waals surface area contributed by atoms with Gasteiger partial charge in [0.15, 0.2) is 0 Å². The molecule has 2 aromatic carbocycles. The molecule has 2 aromatic rings. The zero-order valence-corrected chi connectivity index (χ0v) is 17.1. The molecule has 6 heteroatoms. The predicted molar refractivity (Wildman–Crippen MR) is 112 cm³/mol. The Balaban J connectivity index is 1.78. The summed E-state index contributed by atoms with van der Waals surface area (Å²) in [7, 11) is 1.60. The van der Waals surface area contributed by atoms with Crippen LogP contribution in [0.15, 0.2) is 54.1 Å². The van der Waals surface area contributed by atoms with Crippen LogP contribution in [0, 0.1) is 0 Å². The number of aliphatic hydroxyl groups excluding tert-OH is 1. The summed E-state index contributed by atoms with van der Waals surface area (Å²) in [6.45, 7) is 2.83. The number of ketones is 1. The van der Waals surface area contributed by atoms with Crippen molar-refractivity contribution >= 4 is 17.4 Å². The molecular formula is C24H25NO5. The number of benzene rings is 2. The number of fused-ring (bicyclic) bond motifs is 1. The fourth-order valence-electron chi connectivity index (χ4n) is 4.20. The second-order valence-electron chi connectivity index (χ2n) is 7.70. The van der Waals surface area contributed by atoms with Crippen molar-refractivity contribution in [1.82, 2.24) is 4.90 Å². The maximum absolute atomic E-state index is 13.0. The molecule has 0 radical (unpaired) electrons. The van der Waals surface area contributed by atoms with Crippen LogP contribution in [-0.4, -0.2) is 48.1 Å². The summed E-state index contributed by atoms with van der Waals surface area (Å²) in [6, 6.07) is 14.1. The molecule has 156 valence electrons. The average molecular weight is 407 g/mol. The van der Waals surface area contributed by atoms with Crippen LogP contribution in [0.2, 0.25) is 0 Å². The maximum atomic E-state index is 13.0. The lowest BCUT2D eigenvalue weighted by Crippen LogP contribution is -2.31. The van der Waals surface area contributed by atoms with Gasteiger partial charge in [-0.15, -0.1) is 0 Å². The highest BCUT2D eigenvalue weighted by Crippen LogP contribution is 2.40. The first-order valence-corrected chi connectivity index (χ1v) is 10.1. The van der Waals surface area contributed by atoms with Gasteiger partial charge in [0.05, 0.1) is 11.6 Å². The Kier molecular flexibility index (Phi) is 5.59. The summed E-state index contributed by atoms with van der Waals surface area (Å²) in [5.74, 6) is -0.624. The molecule has 6 nitrogen and oxygen atoms in total. The molecule has 0 aromatic heterocycles. The van der Waals surface area contributed by atoms with Gasteiger partial charge in [0.25, 0.3) is 11.7 Å². The third kappa shape index (κ3) is 3.59. The van der Waals surface area contributed by atoms with Crippen LogP contribution in [-0.2, 0) is 20.7 Å². The number of hydrogen-bond donors (Lipinski definition) is 1. The minimum Gasteiger partial charge on any atom is -0.507 e. The number of hydrogen-bond acceptors (Lipinski definition) is 5. The monoisotopic (exact) mass is 407 g/mol. The lowest BCUT2D eigenvalue weighted by molar-refractivity contribution is -0.140. The third-order valence-corrected chi connectivity index (χ3v) is 5.57. The SMILES string of the molecule is COCCCN1C(=O)C(=O)C(=C(O)c2ccc3c(c2)C[C@@H](C)O3)[C@H]1c1ccccc1. The van der Waals surface area contributed by atoms with E-state index in [4.69, 9.17) is 9.47 Å². The molecule has 0 unspecified atom stereocenters. The highest BCUT2D eigenvalue weighted by molar-refractivity contribution is 6.46. The van der Waals surface area contributed by atoms with Crippen LogP contribution in [0.4, 0.5) is 0 Å². The Morgan fingerprint density at radius 3 is 2.70 bits per heavy atom. The van der Waals surface area contributed by atoms with Crippen molar-refractivity contribution in [3.05, 3.63) is 70.8 Å². The molecule has 1 N–H and O–H groups in total. The maximum Gasteiger partial charge on any atom is 0.295 e. The van der Waals surface area contributed by atoms with E-state index in [-0.39, 0.29) is 17.4 Å². The summed E-state index contributed by atoms with van der Waals surface area (Å²) in [4.78, 5) is 27.3. The van der Waals surface area contributed by atoms with Crippen LogP contribution in [0.1, 0.15) is 36.1 Å². The van der Waals surface area contributed by atoms with Crippen LogP contribution in [0.25, 0.3) is 5.76 Å².